The van der Waals surface area contributed by atoms with E-state index in [9.17, 15) is 4.79 Å². The van der Waals surface area contributed by atoms with Gasteiger partial charge in [0.15, 0.2) is 0 Å². The van der Waals surface area contributed by atoms with Crippen LogP contribution in [0.3, 0.4) is 0 Å². The maximum atomic E-state index is 13.7. The molecule has 166 valence electrons. The van der Waals surface area contributed by atoms with Crippen LogP contribution in [-0.4, -0.2) is 41.4 Å². The highest BCUT2D eigenvalue weighted by molar-refractivity contribution is 9.08. The first-order valence-electron chi connectivity index (χ1n) is 11.5. The molecule has 3 unspecified atom stereocenters. The van der Waals surface area contributed by atoms with Gasteiger partial charge in [-0.2, -0.15) is 0 Å². The molecule has 31 heavy (non-hydrogen) atoms. The summed E-state index contributed by atoms with van der Waals surface area (Å²) in [6, 6.07) is 20.7. The molecule has 2 bridgehead atoms. The minimum Gasteiger partial charge on any atom is -0.461 e. The summed E-state index contributed by atoms with van der Waals surface area (Å²) in [5.41, 5.74) is 1.45. The van der Waals surface area contributed by atoms with Crippen LogP contribution in [-0.2, 0) is 14.9 Å². The van der Waals surface area contributed by atoms with Crippen molar-refractivity contribution in [3.8, 4) is 0 Å². The number of hydrogen-bond acceptors (Lipinski definition) is 3. The topological polar surface area (TPSA) is 29.5 Å². The molecular weight excluding hydrogens is 450 g/mol. The summed E-state index contributed by atoms with van der Waals surface area (Å²) in [5, 5.41) is 0. The number of alkyl halides is 1. The highest BCUT2D eigenvalue weighted by Crippen LogP contribution is 2.55. The van der Waals surface area contributed by atoms with E-state index in [1.807, 2.05) is 73.4 Å². The number of carbonyl (C=O) groups excluding carboxylic acids is 1. The van der Waals surface area contributed by atoms with E-state index in [4.69, 9.17) is 4.74 Å². The molecule has 5 rings (SSSR count). The molecule has 4 heteroatoms. The fraction of sp³-hybridized carbons (Fsp3) is 0.519. The van der Waals surface area contributed by atoms with Crippen molar-refractivity contribution >= 4 is 21.9 Å². The van der Waals surface area contributed by atoms with Crippen molar-refractivity contribution in [2.75, 3.05) is 12.9 Å². The Morgan fingerprint density at radius 3 is 2.06 bits per heavy atom. The molecule has 0 spiro atoms. The molecule has 0 N–H and O–H groups in total. The molecule has 0 aromatic heterocycles. The summed E-state index contributed by atoms with van der Waals surface area (Å²) in [6.45, 7) is 2.01. The van der Waals surface area contributed by atoms with E-state index in [-0.39, 0.29) is 17.6 Å². The average Bonchev–Trinajstić information content (AvgIpc) is 3.65. The molecule has 0 amide bonds. The third-order valence-corrected chi connectivity index (χ3v) is 8.00. The normalized spacial score (nSPS) is 27.9. The lowest BCUT2D eigenvalue weighted by atomic mass is 9.76. The van der Waals surface area contributed by atoms with Gasteiger partial charge in [-0.05, 0) is 62.5 Å². The summed E-state index contributed by atoms with van der Waals surface area (Å²) in [6.07, 6.45) is 7.18. The number of halogens is 1. The monoisotopic (exact) mass is 483 g/mol. The minimum absolute atomic E-state index is 0.0264. The molecule has 3 aliphatic rings. The zero-order valence-electron chi connectivity index (χ0n) is 18.9. The second-order valence-electron chi connectivity index (χ2n) is 9.51. The van der Waals surface area contributed by atoms with Gasteiger partial charge in [0.1, 0.15) is 11.5 Å². The molecular formula is C27H34BrNO2. The van der Waals surface area contributed by atoms with Gasteiger partial charge in [0, 0.05) is 24.4 Å². The van der Waals surface area contributed by atoms with Crippen LogP contribution in [0.1, 0.15) is 56.6 Å². The molecule has 2 heterocycles. The third-order valence-electron chi connectivity index (χ3n) is 8.00. The Hall–Kier alpha value is -1.65. The van der Waals surface area contributed by atoms with Gasteiger partial charge in [-0.25, -0.2) is 0 Å². The van der Waals surface area contributed by atoms with Crippen molar-refractivity contribution in [1.29, 1.82) is 0 Å². The second-order valence-corrected chi connectivity index (χ2v) is 9.51. The Labute approximate surface area is 195 Å². The van der Waals surface area contributed by atoms with Crippen LogP contribution >= 0.6 is 15.9 Å². The van der Waals surface area contributed by atoms with Crippen molar-refractivity contribution in [2.45, 2.75) is 68.5 Å². The van der Waals surface area contributed by atoms with Crippen molar-refractivity contribution in [1.82, 2.24) is 4.90 Å². The van der Waals surface area contributed by atoms with E-state index in [1.165, 1.54) is 25.7 Å². The summed E-state index contributed by atoms with van der Waals surface area (Å²) < 4.78 is 6.33. The molecule has 3 atom stereocenters. The number of fused-ring (bicyclic) bond motifs is 2. The number of piperidine rings is 1. The zero-order chi connectivity index (χ0) is 22.1. The highest BCUT2D eigenvalue weighted by atomic mass is 79.9. The molecule has 2 aliphatic heterocycles. The Morgan fingerprint density at radius 2 is 1.55 bits per heavy atom. The van der Waals surface area contributed by atoms with Crippen LogP contribution < -0.4 is 0 Å². The van der Waals surface area contributed by atoms with Crippen LogP contribution in [0.4, 0.5) is 0 Å². The van der Waals surface area contributed by atoms with Crippen molar-refractivity contribution in [2.24, 2.45) is 5.92 Å². The maximum absolute atomic E-state index is 13.7. The Morgan fingerprint density at radius 1 is 1.00 bits per heavy atom. The summed E-state index contributed by atoms with van der Waals surface area (Å²) in [7, 11) is 2.30. The van der Waals surface area contributed by atoms with Gasteiger partial charge < -0.3 is 4.74 Å². The van der Waals surface area contributed by atoms with Gasteiger partial charge >= 0.3 is 5.97 Å². The number of ether oxygens (including phenoxy) is 1. The van der Waals surface area contributed by atoms with E-state index in [0.717, 1.165) is 29.9 Å². The lowest BCUT2D eigenvalue weighted by Gasteiger charge is -2.46. The number of rotatable bonds is 5. The van der Waals surface area contributed by atoms with E-state index in [2.05, 4.69) is 27.9 Å². The first-order valence-corrected chi connectivity index (χ1v) is 13.1. The lowest BCUT2D eigenvalue weighted by molar-refractivity contribution is -0.159. The van der Waals surface area contributed by atoms with Gasteiger partial charge in [-0.1, -0.05) is 76.6 Å². The number of hydrogen-bond donors (Lipinski definition) is 0. The van der Waals surface area contributed by atoms with Crippen molar-refractivity contribution in [3.63, 3.8) is 0 Å². The van der Waals surface area contributed by atoms with Crippen LogP contribution in [0.2, 0.25) is 0 Å². The average molecular weight is 484 g/mol. The number of nitrogens with zero attached hydrogens (tertiary/aromatic N) is 1. The fourth-order valence-corrected chi connectivity index (χ4v) is 6.04. The Kier molecular flexibility index (Phi) is 6.60. The minimum atomic E-state index is -0.794. The molecule has 2 saturated heterocycles. The second kappa shape index (κ2) is 9.07. The number of esters is 1. The summed E-state index contributed by atoms with van der Waals surface area (Å²) >= 11 is 2.94. The highest BCUT2D eigenvalue weighted by Gasteiger charge is 2.58. The summed E-state index contributed by atoms with van der Waals surface area (Å²) in [4.78, 5) is 16.3. The van der Waals surface area contributed by atoms with Crippen LogP contribution in [0.5, 0.6) is 0 Å². The summed E-state index contributed by atoms with van der Waals surface area (Å²) in [5.74, 6) is 2.50. The SMILES string of the molecule is CBr.CN1C2CCC1(C1CC1)CC(OC(=O)C(C)(c1ccccc1)c1ccccc1)C2. The fourth-order valence-electron chi connectivity index (χ4n) is 6.04. The number of benzene rings is 2. The molecule has 3 nitrogen and oxygen atoms in total. The van der Waals surface area contributed by atoms with Crippen LogP contribution in [0, 0.1) is 5.92 Å². The molecule has 1 saturated carbocycles. The van der Waals surface area contributed by atoms with Crippen LogP contribution in [0.15, 0.2) is 60.7 Å². The Bertz CT molecular complexity index is 843. The van der Waals surface area contributed by atoms with E-state index in [0.29, 0.717) is 6.04 Å². The molecule has 2 aromatic carbocycles. The van der Waals surface area contributed by atoms with Crippen LogP contribution in [0.25, 0.3) is 0 Å². The number of carbonyl (C=O) groups is 1. The lowest BCUT2D eigenvalue weighted by Crippen LogP contribution is -2.54. The molecule has 0 radical (unpaired) electrons. The first kappa shape index (κ1) is 22.5. The molecule has 3 fully saturated rings. The van der Waals surface area contributed by atoms with Crippen molar-refractivity contribution < 1.29 is 9.53 Å². The predicted octanol–water partition coefficient (Wildman–Crippen LogP) is 5.95. The predicted molar refractivity (Wildman–Crippen MR) is 130 cm³/mol. The van der Waals surface area contributed by atoms with Gasteiger partial charge in [-0.15, -0.1) is 0 Å². The third kappa shape index (κ3) is 3.98. The van der Waals surface area contributed by atoms with Crippen molar-refractivity contribution in [3.05, 3.63) is 71.8 Å². The first-order chi connectivity index (χ1) is 15.0. The Balaban J connectivity index is 0.00000112. The standard InChI is InChI=1S/C26H31NO2.CH3Br/c1-25(19-9-5-3-6-10-19,20-11-7-4-8-12-20)24(28)29-23-17-22-15-16-26(18-23,27(22)2)21-13-14-21;1-2/h3-12,21-23H,13-18H2,1-2H3;1H3. The molecule has 2 aromatic rings. The van der Waals surface area contributed by atoms with Gasteiger partial charge in [0.25, 0.3) is 0 Å². The largest absolute Gasteiger partial charge is 0.461 e. The van der Waals surface area contributed by atoms with Gasteiger partial charge in [0.05, 0.1) is 0 Å². The molecule has 1 aliphatic carbocycles. The van der Waals surface area contributed by atoms with Gasteiger partial charge in [-0.3, -0.25) is 9.69 Å². The maximum Gasteiger partial charge on any atom is 0.321 e. The van der Waals surface area contributed by atoms with E-state index < -0.39 is 5.41 Å². The van der Waals surface area contributed by atoms with Gasteiger partial charge in [0.2, 0.25) is 0 Å². The van der Waals surface area contributed by atoms with E-state index >= 15 is 0 Å². The smallest absolute Gasteiger partial charge is 0.321 e. The van der Waals surface area contributed by atoms with E-state index in [1.54, 1.807) is 0 Å². The zero-order valence-corrected chi connectivity index (χ0v) is 20.5. The quantitative estimate of drug-likeness (QED) is 0.388.